The fourth-order valence-corrected chi connectivity index (χ4v) is 7.55. The first kappa shape index (κ1) is 37.4. The molecule has 2 N–H and O–H groups in total. The van der Waals surface area contributed by atoms with Crippen LogP contribution >= 0.6 is 0 Å². The lowest BCUT2D eigenvalue weighted by Crippen LogP contribution is -2.33. The number of ether oxygens (including phenoxy) is 3. The molecule has 7 heteroatoms. The van der Waals surface area contributed by atoms with Gasteiger partial charge in [0.1, 0.15) is 11.9 Å². The number of Topliss-reactive ketones (excluding diaryl/α,β-unsaturated/α-hetero) is 1. The van der Waals surface area contributed by atoms with Gasteiger partial charge < -0.3 is 29.2 Å². The third-order valence-electron chi connectivity index (χ3n) is 10.3. The van der Waals surface area contributed by atoms with Crippen LogP contribution in [0.5, 0.6) is 0 Å². The highest BCUT2D eigenvalue weighted by atomic mass is 16.6. The van der Waals surface area contributed by atoms with Gasteiger partial charge in [0.15, 0.2) is 0 Å². The largest absolute Gasteiger partial charge is 0.462 e. The summed E-state index contributed by atoms with van der Waals surface area (Å²) in [5.41, 5.74) is 0. The van der Waals surface area contributed by atoms with Crippen molar-refractivity contribution >= 4 is 11.8 Å². The van der Waals surface area contributed by atoms with Crippen molar-refractivity contribution in [3.8, 4) is 0 Å². The summed E-state index contributed by atoms with van der Waals surface area (Å²) in [6, 6.07) is 0. The summed E-state index contributed by atoms with van der Waals surface area (Å²) in [6.07, 6.45) is 26.0. The zero-order chi connectivity index (χ0) is 31.6. The number of esters is 1. The molecule has 0 aromatic heterocycles. The van der Waals surface area contributed by atoms with E-state index in [0.29, 0.717) is 12.8 Å². The van der Waals surface area contributed by atoms with Gasteiger partial charge in [-0.15, -0.1) is 0 Å². The summed E-state index contributed by atoms with van der Waals surface area (Å²) >= 11 is 0. The molecule has 256 valence electrons. The Morgan fingerprint density at radius 1 is 0.705 bits per heavy atom. The maximum atomic E-state index is 11.9. The van der Waals surface area contributed by atoms with Gasteiger partial charge in [-0.1, -0.05) is 103 Å². The summed E-state index contributed by atoms with van der Waals surface area (Å²) in [5.74, 6) is -0.348. The predicted molar refractivity (Wildman–Crippen MR) is 174 cm³/mol. The van der Waals surface area contributed by atoms with E-state index >= 15 is 0 Å². The Kier molecular flexibility index (Phi) is 18.5. The van der Waals surface area contributed by atoms with Crippen molar-refractivity contribution in [3.05, 3.63) is 0 Å². The van der Waals surface area contributed by atoms with Crippen LogP contribution in [0.3, 0.4) is 0 Å². The Balaban J connectivity index is 1.13. The van der Waals surface area contributed by atoms with E-state index in [4.69, 9.17) is 14.2 Å². The predicted octanol–water partition coefficient (Wildman–Crippen LogP) is 8.15. The zero-order valence-electron chi connectivity index (χ0n) is 28.2. The lowest BCUT2D eigenvalue weighted by molar-refractivity contribution is -0.145. The maximum absolute atomic E-state index is 11.9. The Morgan fingerprint density at radius 2 is 1.16 bits per heavy atom. The summed E-state index contributed by atoms with van der Waals surface area (Å²) < 4.78 is 18.0. The van der Waals surface area contributed by atoms with Crippen LogP contribution in [0.2, 0.25) is 0 Å². The second kappa shape index (κ2) is 21.7. The van der Waals surface area contributed by atoms with Crippen LogP contribution in [0.4, 0.5) is 0 Å². The molecule has 3 aliphatic rings. The van der Waals surface area contributed by atoms with Crippen LogP contribution in [-0.4, -0.2) is 64.7 Å². The number of unbranched alkanes of at least 4 members (excludes halogenated alkanes) is 14. The second-order valence-electron chi connectivity index (χ2n) is 14.3. The topological polar surface area (TPSA) is 102 Å². The van der Waals surface area contributed by atoms with Gasteiger partial charge in [-0.2, -0.15) is 0 Å². The molecule has 0 aromatic carbocycles. The van der Waals surface area contributed by atoms with E-state index in [1.165, 1.54) is 77.6 Å². The molecule has 0 amide bonds. The third kappa shape index (κ3) is 14.2. The van der Waals surface area contributed by atoms with Gasteiger partial charge >= 0.3 is 5.97 Å². The highest BCUT2D eigenvalue weighted by Crippen LogP contribution is 2.35. The number of carbonyl (C=O) groups excluding carboxylic acids is 2. The quantitative estimate of drug-likeness (QED) is 0.0782. The lowest BCUT2D eigenvalue weighted by atomic mass is 9.96. The summed E-state index contributed by atoms with van der Waals surface area (Å²) in [5, 5.41) is 21.4. The highest BCUT2D eigenvalue weighted by Gasteiger charge is 2.40. The Hall–Kier alpha value is -1.02. The van der Waals surface area contributed by atoms with Gasteiger partial charge in [0.25, 0.3) is 0 Å². The first-order valence-electron chi connectivity index (χ1n) is 18.7. The Bertz CT molecular complexity index is 788. The highest BCUT2D eigenvalue weighted by molar-refractivity contribution is 5.83. The summed E-state index contributed by atoms with van der Waals surface area (Å²) in [4.78, 5) is 23.1. The molecule has 3 aliphatic heterocycles. The van der Waals surface area contributed by atoms with Crippen molar-refractivity contribution in [1.82, 2.24) is 0 Å². The smallest absolute Gasteiger partial charge is 0.309 e. The number of hydrogen-bond donors (Lipinski definition) is 2. The van der Waals surface area contributed by atoms with E-state index in [9.17, 15) is 19.8 Å². The minimum atomic E-state index is -0.399. The van der Waals surface area contributed by atoms with Gasteiger partial charge in [0, 0.05) is 6.42 Å². The molecule has 0 bridgehead atoms. The van der Waals surface area contributed by atoms with Crippen molar-refractivity contribution < 1.29 is 34.0 Å². The molecule has 3 rings (SSSR count). The van der Waals surface area contributed by atoms with Gasteiger partial charge in [-0.25, -0.2) is 0 Å². The number of hydrogen-bond acceptors (Lipinski definition) is 7. The van der Waals surface area contributed by atoms with E-state index < -0.39 is 6.10 Å². The molecule has 3 saturated heterocycles. The third-order valence-corrected chi connectivity index (χ3v) is 10.3. The first-order valence-corrected chi connectivity index (χ1v) is 18.7. The number of ketones is 1. The van der Waals surface area contributed by atoms with E-state index in [-0.39, 0.29) is 54.3 Å². The average Bonchev–Trinajstić information content (AvgIpc) is 3.75. The molecule has 0 aliphatic carbocycles. The molecule has 7 nitrogen and oxygen atoms in total. The van der Waals surface area contributed by atoms with Crippen molar-refractivity contribution in [3.63, 3.8) is 0 Å². The van der Waals surface area contributed by atoms with Crippen molar-refractivity contribution in [2.45, 2.75) is 217 Å². The van der Waals surface area contributed by atoms with Crippen LogP contribution in [0.15, 0.2) is 0 Å². The van der Waals surface area contributed by atoms with E-state index in [0.717, 1.165) is 77.0 Å². The van der Waals surface area contributed by atoms with Crippen LogP contribution < -0.4 is 0 Å². The van der Waals surface area contributed by atoms with E-state index in [1.807, 2.05) is 0 Å². The van der Waals surface area contributed by atoms with Crippen molar-refractivity contribution in [2.24, 2.45) is 5.92 Å². The summed E-state index contributed by atoms with van der Waals surface area (Å²) in [7, 11) is 0. The number of aliphatic hydroxyl groups excluding tert-OH is 2. The minimum Gasteiger partial charge on any atom is -0.462 e. The van der Waals surface area contributed by atoms with E-state index in [1.54, 1.807) is 0 Å². The van der Waals surface area contributed by atoms with Crippen LogP contribution in [0.1, 0.15) is 174 Å². The minimum absolute atomic E-state index is 0.00211. The lowest BCUT2D eigenvalue weighted by Gasteiger charge is -2.24. The molecule has 0 unspecified atom stereocenters. The van der Waals surface area contributed by atoms with E-state index in [2.05, 4.69) is 6.92 Å². The average molecular weight is 623 g/mol. The monoisotopic (exact) mass is 622 g/mol. The SMILES string of the molecule is CCCCCCCCCC[C@H](O)[C@H]1CC[C@H]([C@H]2CC[C@H]([C@@H](O)CCCCCCCCCC[C@H]3C[C@@H](CC(C)=O)C(=O)O3)O2)O1. The Labute approximate surface area is 268 Å². The molecule has 3 fully saturated rings. The fraction of sp³-hybridized carbons (Fsp3) is 0.946. The molecular formula is C37H66O7. The summed E-state index contributed by atoms with van der Waals surface area (Å²) in [6.45, 7) is 3.79. The Morgan fingerprint density at radius 3 is 1.64 bits per heavy atom. The van der Waals surface area contributed by atoms with Crippen molar-refractivity contribution in [1.29, 1.82) is 0 Å². The standard InChI is InChI=1S/C37H66O7/c1-3-4-5-6-7-11-14-17-20-31(39)33-22-24-35(43-33)36-25-23-34(44-36)32(40)21-18-15-12-9-8-10-13-16-19-30-27-29(26-28(2)38)37(41)42-30/h29-36,39-40H,3-27H2,1-2H3/t29-,30+,31+,32+,33-,34-,35-,36-/m1/s1. The molecule has 0 aromatic rings. The molecule has 0 radical (unpaired) electrons. The zero-order valence-corrected chi connectivity index (χ0v) is 28.2. The van der Waals surface area contributed by atoms with Crippen LogP contribution in [-0.2, 0) is 23.8 Å². The number of carbonyl (C=O) groups is 2. The van der Waals surface area contributed by atoms with Crippen LogP contribution in [0, 0.1) is 5.92 Å². The van der Waals surface area contributed by atoms with Crippen LogP contribution in [0.25, 0.3) is 0 Å². The number of aliphatic hydroxyl groups is 2. The maximum Gasteiger partial charge on any atom is 0.309 e. The molecule has 44 heavy (non-hydrogen) atoms. The first-order chi connectivity index (χ1) is 21.4. The molecule has 8 atom stereocenters. The second-order valence-corrected chi connectivity index (χ2v) is 14.3. The number of cyclic esters (lactones) is 1. The molecular weight excluding hydrogens is 556 g/mol. The molecule has 0 spiro atoms. The molecule has 0 saturated carbocycles. The van der Waals surface area contributed by atoms with Gasteiger partial charge in [0.05, 0.1) is 42.5 Å². The van der Waals surface area contributed by atoms with Gasteiger partial charge in [-0.3, -0.25) is 4.79 Å². The van der Waals surface area contributed by atoms with Gasteiger partial charge in [0.2, 0.25) is 0 Å². The molecule has 3 heterocycles. The number of rotatable bonds is 25. The normalized spacial score (nSPS) is 28.4. The van der Waals surface area contributed by atoms with Gasteiger partial charge in [-0.05, 0) is 64.7 Å². The van der Waals surface area contributed by atoms with Crippen molar-refractivity contribution in [2.75, 3.05) is 0 Å². The fourth-order valence-electron chi connectivity index (χ4n) is 7.55.